The summed E-state index contributed by atoms with van der Waals surface area (Å²) in [6, 6.07) is 49.1. The van der Waals surface area contributed by atoms with Gasteiger partial charge in [0.25, 0.3) is 0 Å². The Bertz CT molecular complexity index is 2660. The molecule has 13 rings (SSSR count). The van der Waals surface area contributed by atoms with Gasteiger partial charge in [-0.3, -0.25) is 0 Å². The molecule has 1 aromatic heterocycles. The number of anilines is 3. The molecule has 0 saturated heterocycles. The van der Waals surface area contributed by atoms with Gasteiger partial charge < -0.3 is 9.32 Å². The predicted octanol–water partition coefficient (Wildman–Crippen LogP) is 13.6. The summed E-state index contributed by atoms with van der Waals surface area (Å²) < 4.78 is 6.55. The summed E-state index contributed by atoms with van der Waals surface area (Å²) in [5.74, 6) is 3.33. The fourth-order valence-electron chi connectivity index (χ4n) is 13.6. The number of hydrogen-bond donors (Lipinski definition) is 0. The summed E-state index contributed by atoms with van der Waals surface area (Å²) in [4.78, 5) is 2.56. The summed E-state index contributed by atoms with van der Waals surface area (Å²) in [5, 5.41) is 2.36. The highest BCUT2D eigenvalue weighted by atomic mass is 16.3. The van der Waals surface area contributed by atoms with Crippen molar-refractivity contribution in [1.82, 2.24) is 0 Å². The van der Waals surface area contributed by atoms with Gasteiger partial charge in [-0.1, -0.05) is 91.7 Å². The van der Waals surface area contributed by atoms with Gasteiger partial charge in [0.05, 0.1) is 0 Å². The first-order valence-corrected chi connectivity index (χ1v) is 20.4. The summed E-state index contributed by atoms with van der Waals surface area (Å²) in [6.07, 6.45) is 12.1. The van der Waals surface area contributed by atoms with Crippen molar-refractivity contribution in [2.45, 2.75) is 68.6 Å². The molecule has 0 N–H and O–H groups in total. The van der Waals surface area contributed by atoms with E-state index >= 15 is 0 Å². The van der Waals surface area contributed by atoms with Crippen LogP contribution in [0.1, 0.15) is 80.0 Å². The van der Waals surface area contributed by atoms with Crippen LogP contribution in [0.15, 0.2) is 132 Å². The number of nitrogens with zero attached hydrogens (tertiary/aromatic N) is 1. The molecule has 6 aromatic carbocycles. The van der Waals surface area contributed by atoms with Gasteiger partial charge in [0, 0.05) is 44.7 Å². The average molecular weight is 686 g/mol. The maximum atomic E-state index is 6.55. The Morgan fingerprint density at radius 1 is 0.472 bits per heavy atom. The number of benzene rings is 6. The SMILES string of the molecule is c1ccc2c(c1)-c1ccc(N(c3ccc4c(c3)C3(c5ccccc5-4)C4CCC5CC3CC5C4)c3ccc4c(c3)oc3ccccc34)cc1C21CCCC1. The molecule has 5 atom stereocenters. The van der Waals surface area contributed by atoms with Crippen LogP contribution in [-0.2, 0) is 10.8 Å². The van der Waals surface area contributed by atoms with Crippen molar-refractivity contribution >= 4 is 39.0 Å². The third kappa shape index (κ3) is 3.66. The second kappa shape index (κ2) is 10.3. The van der Waals surface area contributed by atoms with Gasteiger partial charge in [-0.25, -0.2) is 0 Å². The molecule has 258 valence electrons. The molecule has 0 amide bonds. The first-order valence-electron chi connectivity index (χ1n) is 20.4. The number of para-hydroxylation sites is 1. The van der Waals surface area contributed by atoms with Crippen molar-refractivity contribution in [2.75, 3.05) is 4.90 Å². The van der Waals surface area contributed by atoms with Crippen molar-refractivity contribution < 1.29 is 4.42 Å². The maximum absolute atomic E-state index is 6.55. The molecule has 7 aromatic rings. The van der Waals surface area contributed by atoms with Crippen LogP contribution in [0.5, 0.6) is 0 Å². The number of rotatable bonds is 3. The molecule has 3 bridgehead atoms. The normalized spacial score (nSPS) is 26.4. The maximum Gasteiger partial charge on any atom is 0.137 e. The Balaban J connectivity index is 1.05. The van der Waals surface area contributed by atoms with Gasteiger partial charge in [0.1, 0.15) is 11.2 Å². The van der Waals surface area contributed by atoms with Crippen molar-refractivity contribution in [3.63, 3.8) is 0 Å². The topological polar surface area (TPSA) is 16.4 Å². The van der Waals surface area contributed by atoms with E-state index in [1.165, 1.54) is 108 Å². The Kier molecular flexibility index (Phi) is 5.72. The molecule has 1 heterocycles. The molecule has 2 nitrogen and oxygen atoms in total. The minimum absolute atomic E-state index is 0.111. The molecule has 4 fully saturated rings. The number of furan rings is 1. The molecule has 6 aliphatic rings. The zero-order valence-electron chi connectivity index (χ0n) is 30.2. The third-order valence-electron chi connectivity index (χ3n) is 15.6. The van der Waals surface area contributed by atoms with Gasteiger partial charge in [-0.2, -0.15) is 0 Å². The molecule has 4 saturated carbocycles. The zero-order chi connectivity index (χ0) is 34.5. The Morgan fingerprint density at radius 2 is 1.08 bits per heavy atom. The molecular formula is C51H43NO. The average Bonchev–Trinajstić information content (AvgIpc) is 4.01. The van der Waals surface area contributed by atoms with E-state index in [1.54, 1.807) is 16.7 Å². The molecule has 0 aliphatic heterocycles. The van der Waals surface area contributed by atoms with Gasteiger partial charge in [-0.05, 0) is 156 Å². The molecule has 6 aliphatic carbocycles. The van der Waals surface area contributed by atoms with E-state index in [2.05, 4.69) is 132 Å². The number of hydrogen-bond acceptors (Lipinski definition) is 2. The monoisotopic (exact) mass is 685 g/mol. The molecular weight excluding hydrogens is 643 g/mol. The van der Waals surface area contributed by atoms with E-state index in [0.717, 1.165) is 40.5 Å². The summed E-state index contributed by atoms with van der Waals surface area (Å²) in [5.41, 5.74) is 17.9. The lowest BCUT2D eigenvalue weighted by Gasteiger charge is -2.49. The highest BCUT2D eigenvalue weighted by Crippen LogP contribution is 2.70. The summed E-state index contributed by atoms with van der Waals surface area (Å²) >= 11 is 0. The highest BCUT2D eigenvalue weighted by molar-refractivity contribution is 6.06. The summed E-state index contributed by atoms with van der Waals surface area (Å²) in [6.45, 7) is 0. The van der Waals surface area contributed by atoms with Crippen LogP contribution in [0, 0.1) is 23.7 Å². The Hall–Kier alpha value is -5.08. The van der Waals surface area contributed by atoms with Crippen LogP contribution in [0.3, 0.4) is 0 Å². The van der Waals surface area contributed by atoms with Gasteiger partial charge in [0.15, 0.2) is 0 Å². The highest BCUT2D eigenvalue weighted by Gasteiger charge is 2.62. The van der Waals surface area contributed by atoms with Crippen LogP contribution >= 0.6 is 0 Å². The predicted molar refractivity (Wildman–Crippen MR) is 216 cm³/mol. The third-order valence-corrected chi connectivity index (χ3v) is 15.6. The van der Waals surface area contributed by atoms with E-state index in [9.17, 15) is 0 Å². The largest absolute Gasteiger partial charge is 0.456 e. The van der Waals surface area contributed by atoms with Crippen molar-refractivity contribution in [1.29, 1.82) is 0 Å². The smallest absolute Gasteiger partial charge is 0.137 e. The van der Waals surface area contributed by atoms with E-state index < -0.39 is 0 Å². The first-order chi connectivity index (χ1) is 26.2. The van der Waals surface area contributed by atoms with Crippen LogP contribution in [0.25, 0.3) is 44.2 Å². The van der Waals surface area contributed by atoms with Gasteiger partial charge in [0.2, 0.25) is 0 Å². The fourth-order valence-corrected chi connectivity index (χ4v) is 13.6. The number of fused-ring (bicyclic) bond motifs is 17. The second-order valence-corrected chi connectivity index (χ2v) is 17.5. The second-order valence-electron chi connectivity index (χ2n) is 17.5. The Labute approximate surface area is 311 Å². The van der Waals surface area contributed by atoms with E-state index in [-0.39, 0.29) is 10.8 Å². The minimum Gasteiger partial charge on any atom is -0.456 e. The molecule has 0 radical (unpaired) electrons. The molecule has 5 unspecified atom stereocenters. The lowest BCUT2D eigenvalue weighted by Crippen LogP contribution is -2.45. The van der Waals surface area contributed by atoms with Crippen LogP contribution < -0.4 is 4.90 Å². The van der Waals surface area contributed by atoms with E-state index in [0.29, 0.717) is 0 Å². The lowest BCUT2D eigenvalue weighted by atomic mass is 9.54. The summed E-state index contributed by atoms with van der Waals surface area (Å²) in [7, 11) is 0. The standard InChI is InChI=1S/C51H43NO/c1-4-12-44-38(9-1)40-20-17-35(28-46(40)50(44)23-7-8-24-50)52(37-19-22-43-42-11-3-6-14-48(42)53-49(43)30-37)36-18-21-41-39-10-2-5-13-45(39)51(47(41)29-36)33-16-15-31-25-34(51)27-32(31)26-33/h1-6,9-14,17-22,28-34H,7-8,15-16,23-27H2. The van der Waals surface area contributed by atoms with E-state index in [4.69, 9.17) is 4.42 Å². The van der Waals surface area contributed by atoms with Gasteiger partial charge in [-0.15, -0.1) is 0 Å². The van der Waals surface area contributed by atoms with Crippen molar-refractivity contribution in [2.24, 2.45) is 23.7 Å². The van der Waals surface area contributed by atoms with Gasteiger partial charge >= 0.3 is 0 Å². The van der Waals surface area contributed by atoms with Crippen LogP contribution in [0.2, 0.25) is 0 Å². The molecule has 2 spiro atoms. The lowest BCUT2D eigenvalue weighted by molar-refractivity contribution is 0.106. The molecule has 53 heavy (non-hydrogen) atoms. The van der Waals surface area contributed by atoms with Crippen molar-refractivity contribution in [3.05, 3.63) is 150 Å². The van der Waals surface area contributed by atoms with Crippen molar-refractivity contribution in [3.8, 4) is 22.3 Å². The quantitative estimate of drug-likeness (QED) is 0.184. The fraction of sp³-hybridized carbons (Fsp3) is 0.294. The minimum atomic E-state index is 0.111. The van der Waals surface area contributed by atoms with Crippen LogP contribution in [0.4, 0.5) is 17.1 Å². The zero-order valence-corrected chi connectivity index (χ0v) is 30.2. The Morgan fingerprint density at radius 3 is 1.92 bits per heavy atom. The first kappa shape index (κ1) is 29.4. The van der Waals surface area contributed by atoms with Crippen LogP contribution in [-0.4, -0.2) is 0 Å². The van der Waals surface area contributed by atoms with E-state index in [1.807, 2.05) is 0 Å². The molecule has 2 heteroatoms.